The molecule has 0 amide bonds. The number of esters is 3. The van der Waals surface area contributed by atoms with Gasteiger partial charge in [-0.15, -0.1) is 0 Å². The van der Waals surface area contributed by atoms with Gasteiger partial charge >= 0.3 is 17.9 Å². The van der Waals surface area contributed by atoms with Crippen LogP contribution in [0.15, 0.2) is 0 Å². The molecule has 160 valence electrons. The zero-order chi connectivity index (χ0) is 21.6. The summed E-state index contributed by atoms with van der Waals surface area (Å²) >= 11 is 0.639. The Kier molecular flexibility index (Phi) is 8.66. The molecule has 1 heterocycles. The van der Waals surface area contributed by atoms with E-state index in [0.717, 1.165) is 27.0 Å². The first-order chi connectivity index (χ1) is 12.8. The van der Waals surface area contributed by atoms with Gasteiger partial charge in [-0.2, -0.15) is 8.42 Å². The Bertz CT molecular complexity index is 726. The van der Waals surface area contributed by atoms with Gasteiger partial charge in [0.05, 0.1) is 12.9 Å². The maximum Gasteiger partial charge on any atom is 0.303 e. The first-order valence-electron chi connectivity index (χ1n) is 7.82. The van der Waals surface area contributed by atoms with Crippen LogP contribution in [0.2, 0.25) is 0 Å². The van der Waals surface area contributed by atoms with Crippen molar-refractivity contribution in [2.45, 2.75) is 50.6 Å². The minimum absolute atomic E-state index is 0.405. The minimum Gasteiger partial charge on any atom is -0.456 e. The number of hydrogen-bond acceptors (Lipinski definition) is 12. The minimum atomic E-state index is -3.88. The molecule has 0 saturated carbocycles. The van der Waals surface area contributed by atoms with E-state index in [1.807, 2.05) is 0 Å². The van der Waals surface area contributed by atoms with Crippen LogP contribution in [0.25, 0.3) is 0 Å². The second kappa shape index (κ2) is 10.0. The number of nitrogens with one attached hydrogen (secondary N) is 1. The van der Waals surface area contributed by atoms with Gasteiger partial charge in [0, 0.05) is 20.8 Å². The Hall–Kier alpha value is -1.90. The summed E-state index contributed by atoms with van der Waals surface area (Å²) in [6.07, 6.45) is -4.43. The Morgan fingerprint density at radius 2 is 1.46 bits per heavy atom. The largest absolute Gasteiger partial charge is 0.456 e. The van der Waals surface area contributed by atoms with Crippen molar-refractivity contribution in [3.05, 3.63) is 0 Å². The van der Waals surface area contributed by atoms with Crippen LogP contribution in [0.5, 0.6) is 0 Å². The lowest BCUT2D eigenvalue weighted by Gasteiger charge is -2.43. The molecule has 1 aliphatic rings. The number of hydrogen-bond donors (Lipinski definition) is 2. The van der Waals surface area contributed by atoms with Gasteiger partial charge in [-0.1, -0.05) is 11.8 Å². The summed E-state index contributed by atoms with van der Waals surface area (Å²) in [6.45, 7) is 2.67. The lowest BCUT2D eigenvalue weighted by molar-refractivity contribution is -0.234. The number of ether oxygens (including phenoxy) is 4. The summed E-state index contributed by atoms with van der Waals surface area (Å²) in [4.78, 5) is 34.6. The van der Waals surface area contributed by atoms with Gasteiger partial charge in [-0.05, 0) is 0 Å². The molecule has 1 aliphatic heterocycles. The zero-order valence-corrected chi connectivity index (χ0v) is 17.2. The monoisotopic (exact) mass is 442 g/mol. The first-order valence-corrected chi connectivity index (χ1v) is 10.5. The van der Waals surface area contributed by atoms with E-state index in [1.165, 1.54) is 0 Å². The molecule has 0 aliphatic carbocycles. The van der Waals surface area contributed by atoms with Crippen LogP contribution in [0.1, 0.15) is 20.8 Å². The quantitative estimate of drug-likeness (QED) is 0.163. The Morgan fingerprint density at radius 1 is 1.00 bits per heavy atom. The molecular formula is C14H22N2O10S2. The Balaban J connectivity index is 3.33. The summed E-state index contributed by atoms with van der Waals surface area (Å²) in [5, 5.41) is 7.04. The van der Waals surface area contributed by atoms with Crippen molar-refractivity contribution in [2.75, 3.05) is 12.9 Å². The number of thioether (sulfide) groups is 1. The van der Waals surface area contributed by atoms with E-state index in [9.17, 15) is 22.8 Å². The van der Waals surface area contributed by atoms with Crippen LogP contribution < -0.4 is 5.73 Å². The highest BCUT2D eigenvalue weighted by Crippen LogP contribution is 2.34. The van der Waals surface area contributed by atoms with Crippen LogP contribution in [-0.2, 0) is 47.6 Å². The summed E-state index contributed by atoms with van der Waals surface area (Å²) in [5.41, 5.74) is 4.21. The highest BCUT2D eigenvalue weighted by molar-refractivity contribution is 8.14. The van der Waals surface area contributed by atoms with E-state index in [-0.39, 0.29) is 0 Å². The lowest BCUT2D eigenvalue weighted by Crippen LogP contribution is -2.61. The van der Waals surface area contributed by atoms with E-state index in [2.05, 4.69) is 0 Å². The number of rotatable bonds is 7. The molecule has 0 aromatic heterocycles. The molecule has 0 bridgehead atoms. The number of carbonyl (C=O) groups excluding carboxylic acids is 3. The standard InChI is InChI=1S/C14H22N2O10S2/c1-6(17)23-10-9(5-22-28(4,20)21)26-13(27-14(15)16)12(25-8(3)19)11(10)24-7(2)18/h9-13H,5H2,1-4H3,(H3,15,16)/t9-,10-,11+,12+,13-/m1/s1. The molecule has 0 aromatic carbocycles. The van der Waals surface area contributed by atoms with Crippen molar-refractivity contribution < 1.29 is 45.9 Å². The van der Waals surface area contributed by atoms with Crippen molar-refractivity contribution >= 4 is 45.0 Å². The predicted octanol–water partition coefficient (Wildman–Crippen LogP) is -0.891. The number of nitrogens with two attached hydrogens (primary N) is 1. The fourth-order valence-corrected chi connectivity index (χ4v) is 3.57. The zero-order valence-electron chi connectivity index (χ0n) is 15.6. The van der Waals surface area contributed by atoms with Gasteiger partial charge < -0.3 is 24.7 Å². The highest BCUT2D eigenvalue weighted by Gasteiger charge is 2.52. The highest BCUT2D eigenvalue weighted by atomic mass is 32.2. The third-order valence-electron chi connectivity index (χ3n) is 3.19. The van der Waals surface area contributed by atoms with Gasteiger partial charge in [0.15, 0.2) is 28.9 Å². The van der Waals surface area contributed by atoms with Crippen molar-refractivity contribution in [2.24, 2.45) is 5.73 Å². The molecule has 1 rings (SSSR count). The summed E-state index contributed by atoms with van der Waals surface area (Å²) < 4.78 is 48.5. The van der Waals surface area contributed by atoms with Gasteiger partial charge in [0.25, 0.3) is 10.1 Å². The first kappa shape index (κ1) is 24.1. The molecule has 28 heavy (non-hydrogen) atoms. The summed E-state index contributed by atoms with van der Waals surface area (Å²) in [6, 6.07) is 0. The Morgan fingerprint density at radius 3 is 1.89 bits per heavy atom. The molecule has 0 aromatic rings. The van der Waals surface area contributed by atoms with Crippen LogP contribution in [-0.4, -0.2) is 74.2 Å². The van der Waals surface area contributed by atoms with E-state index in [1.54, 1.807) is 0 Å². The van der Waals surface area contributed by atoms with Crippen LogP contribution >= 0.6 is 11.8 Å². The second-order valence-corrected chi connectivity index (χ2v) is 8.52. The van der Waals surface area contributed by atoms with Crippen molar-refractivity contribution in [1.29, 1.82) is 5.41 Å². The number of carbonyl (C=O) groups is 3. The molecule has 3 N–H and O–H groups in total. The average molecular weight is 442 g/mol. The van der Waals surface area contributed by atoms with E-state index in [4.69, 9.17) is 34.3 Å². The third kappa shape index (κ3) is 8.00. The molecule has 0 radical (unpaired) electrons. The van der Waals surface area contributed by atoms with E-state index < -0.39 is 69.7 Å². The predicted molar refractivity (Wildman–Crippen MR) is 95.6 cm³/mol. The van der Waals surface area contributed by atoms with Gasteiger partial charge in [-0.3, -0.25) is 24.0 Å². The fraction of sp³-hybridized carbons (Fsp3) is 0.714. The van der Waals surface area contributed by atoms with Crippen LogP contribution in [0, 0.1) is 5.41 Å². The molecule has 14 heteroatoms. The SMILES string of the molecule is CC(=O)O[C@@H]1[C@H](OC(C)=O)[C@@H](SC(=N)N)O[C@H](COS(C)(=O)=O)[C@H]1OC(C)=O. The van der Waals surface area contributed by atoms with Crippen LogP contribution in [0.3, 0.4) is 0 Å². The fourth-order valence-electron chi connectivity index (χ4n) is 2.40. The van der Waals surface area contributed by atoms with E-state index >= 15 is 0 Å². The molecule has 1 saturated heterocycles. The third-order valence-corrected chi connectivity index (χ3v) is 4.62. The van der Waals surface area contributed by atoms with Crippen molar-refractivity contribution in [3.8, 4) is 0 Å². The van der Waals surface area contributed by atoms with Crippen molar-refractivity contribution in [1.82, 2.24) is 0 Å². The van der Waals surface area contributed by atoms with Gasteiger partial charge in [0.2, 0.25) is 0 Å². The maximum absolute atomic E-state index is 11.6. The maximum atomic E-state index is 11.6. The second-order valence-electron chi connectivity index (χ2n) is 5.74. The molecular weight excluding hydrogens is 420 g/mol. The normalized spacial score (nSPS) is 27.5. The van der Waals surface area contributed by atoms with Crippen LogP contribution in [0.4, 0.5) is 0 Å². The molecule has 0 unspecified atom stereocenters. The average Bonchev–Trinajstić information content (AvgIpc) is 2.48. The lowest BCUT2D eigenvalue weighted by atomic mass is 9.99. The molecule has 5 atom stereocenters. The van der Waals surface area contributed by atoms with E-state index in [0.29, 0.717) is 11.8 Å². The summed E-state index contributed by atoms with van der Waals surface area (Å²) in [5.74, 6) is -2.32. The molecule has 1 fully saturated rings. The summed E-state index contributed by atoms with van der Waals surface area (Å²) in [7, 11) is -3.88. The molecule has 0 spiro atoms. The topological polar surface area (TPSA) is 181 Å². The smallest absolute Gasteiger partial charge is 0.303 e. The van der Waals surface area contributed by atoms with Crippen molar-refractivity contribution in [3.63, 3.8) is 0 Å². The Labute approximate surface area is 166 Å². The number of amidine groups is 1. The van der Waals surface area contributed by atoms with Gasteiger partial charge in [0.1, 0.15) is 6.10 Å². The van der Waals surface area contributed by atoms with Gasteiger partial charge in [-0.25, -0.2) is 0 Å². The molecule has 12 nitrogen and oxygen atoms in total.